The third kappa shape index (κ3) is 4.10. The van der Waals surface area contributed by atoms with Crippen LogP contribution in [0.15, 0.2) is 0 Å². The summed E-state index contributed by atoms with van der Waals surface area (Å²) < 4.78 is 91.2. The van der Waals surface area contributed by atoms with Crippen LogP contribution in [0.4, 0.5) is 26.3 Å². The summed E-state index contributed by atoms with van der Waals surface area (Å²) in [6, 6.07) is 0. The van der Waals surface area contributed by atoms with E-state index < -0.39 is 48.5 Å². The van der Waals surface area contributed by atoms with Crippen molar-refractivity contribution in [2.45, 2.75) is 63.6 Å². The van der Waals surface area contributed by atoms with E-state index in [4.69, 9.17) is 9.47 Å². The normalized spacial score (nSPS) is 43.6. The molecule has 0 aromatic rings. The molecule has 0 radical (unpaired) electrons. The van der Waals surface area contributed by atoms with E-state index in [2.05, 4.69) is 0 Å². The maximum absolute atomic E-state index is 13.6. The lowest BCUT2D eigenvalue weighted by atomic mass is 9.62. The first-order valence-corrected chi connectivity index (χ1v) is 8.94. The first kappa shape index (κ1) is 19.3. The molecule has 0 N–H and O–H groups in total. The summed E-state index contributed by atoms with van der Waals surface area (Å²) in [6.07, 6.45) is -9.72. The van der Waals surface area contributed by atoms with Gasteiger partial charge in [0.05, 0.1) is 37.3 Å². The van der Waals surface area contributed by atoms with Crippen molar-refractivity contribution in [3.05, 3.63) is 0 Å². The van der Waals surface area contributed by atoms with Crippen LogP contribution in [0.3, 0.4) is 0 Å². The Balaban J connectivity index is 1.83. The van der Waals surface area contributed by atoms with Crippen molar-refractivity contribution in [3.8, 4) is 0 Å². The lowest BCUT2D eigenvalue weighted by molar-refractivity contribution is -0.253. The van der Waals surface area contributed by atoms with Crippen LogP contribution in [-0.2, 0) is 9.47 Å². The number of ether oxygens (including phenoxy) is 2. The van der Waals surface area contributed by atoms with Crippen molar-refractivity contribution in [2.75, 3.05) is 13.2 Å². The van der Waals surface area contributed by atoms with E-state index in [-0.39, 0.29) is 24.9 Å². The molecule has 25 heavy (non-hydrogen) atoms. The summed E-state index contributed by atoms with van der Waals surface area (Å²) >= 11 is 0. The van der Waals surface area contributed by atoms with Crippen molar-refractivity contribution in [1.82, 2.24) is 0 Å². The fourth-order valence-electron chi connectivity index (χ4n) is 5.08. The standard InChI is InChI=1S/C17H24F6O2/c1-9-6-12(15-14(7-9)24-4-5-25-15)11-3-2-10(16(18,19)20)8-13(11)17(21,22)23/h9-15H,2-8H2,1H3. The third-order valence-corrected chi connectivity index (χ3v) is 6.16. The zero-order chi connectivity index (χ0) is 18.4. The number of halogens is 6. The molecule has 3 rings (SSSR count). The Morgan fingerprint density at radius 2 is 1.44 bits per heavy atom. The molecule has 1 saturated heterocycles. The predicted octanol–water partition coefficient (Wildman–Crippen LogP) is 4.97. The SMILES string of the molecule is CC1CC2OCCOC2C(C2CCC(C(F)(F)F)CC2C(F)(F)F)C1. The first-order chi connectivity index (χ1) is 11.6. The average molecular weight is 374 g/mol. The summed E-state index contributed by atoms with van der Waals surface area (Å²) in [5, 5.41) is 0. The molecule has 7 unspecified atom stereocenters. The summed E-state index contributed by atoms with van der Waals surface area (Å²) in [5.41, 5.74) is 0. The van der Waals surface area contributed by atoms with Gasteiger partial charge in [0.15, 0.2) is 0 Å². The number of hydrogen-bond acceptors (Lipinski definition) is 2. The van der Waals surface area contributed by atoms with Crippen LogP contribution >= 0.6 is 0 Å². The average Bonchev–Trinajstić information content (AvgIpc) is 2.51. The van der Waals surface area contributed by atoms with E-state index in [0.717, 1.165) is 6.42 Å². The summed E-state index contributed by atoms with van der Waals surface area (Å²) in [6.45, 7) is 2.72. The lowest BCUT2D eigenvalue weighted by Crippen LogP contribution is -2.53. The largest absolute Gasteiger partial charge is 0.392 e. The number of fused-ring (bicyclic) bond motifs is 1. The fourth-order valence-corrected chi connectivity index (χ4v) is 5.08. The molecular formula is C17H24F6O2. The van der Waals surface area contributed by atoms with Crippen LogP contribution in [-0.4, -0.2) is 37.8 Å². The van der Waals surface area contributed by atoms with E-state index in [9.17, 15) is 26.3 Å². The monoisotopic (exact) mass is 374 g/mol. The molecule has 0 amide bonds. The van der Waals surface area contributed by atoms with Crippen molar-refractivity contribution in [2.24, 2.45) is 29.6 Å². The van der Waals surface area contributed by atoms with Crippen LogP contribution in [0.25, 0.3) is 0 Å². The molecule has 1 heterocycles. The lowest BCUT2D eigenvalue weighted by Gasteiger charge is -2.50. The van der Waals surface area contributed by atoms with E-state index >= 15 is 0 Å². The molecule has 146 valence electrons. The molecule has 2 aliphatic carbocycles. The van der Waals surface area contributed by atoms with Crippen LogP contribution in [0, 0.1) is 29.6 Å². The fraction of sp³-hybridized carbons (Fsp3) is 1.00. The van der Waals surface area contributed by atoms with Gasteiger partial charge in [0.25, 0.3) is 0 Å². The Labute approximate surface area is 143 Å². The van der Waals surface area contributed by atoms with Crippen molar-refractivity contribution < 1.29 is 35.8 Å². The zero-order valence-electron chi connectivity index (χ0n) is 14.1. The summed E-state index contributed by atoms with van der Waals surface area (Å²) in [5.74, 6) is -4.82. The Morgan fingerprint density at radius 1 is 0.760 bits per heavy atom. The molecule has 0 bridgehead atoms. The van der Waals surface area contributed by atoms with Gasteiger partial charge in [-0.1, -0.05) is 6.92 Å². The summed E-state index contributed by atoms with van der Waals surface area (Å²) in [7, 11) is 0. The van der Waals surface area contributed by atoms with Crippen LogP contribution in [0.5, 0.6) is 0 Å². The van der Waals surface area contributed by atoms with E-state index in [1.54, 1.807) is 0 Å². The van der Waals surface area contributed by atoms with Gasteiger partial charge in [-0.25, -0.2) is 0 Å². The number of hydrogen-bond donors (Lipinski definition) is 0. The second kappa shape index (κ2) is 6.91. The first-order valence-electron chi connectivity index (χ1n) is 8.94. The Hall–Kier alpha value is -0.500. The molecule has 7 atom stereocenters. The molecule has 3 fully saturated rings. The maximum atomic E-state index is 13.6. The Bertz CT molecular complexity index is 463. The van der Waals surface area contributed by atoms with Gasteiger partial charge in [0.1, 0.15) is 0 Å². The van der Waals surface area contributed by atoms with E-state index in [1.165, 1.54) is 0 Å². The Morgan fingerprint density at radius 3 is 2.08 bits per heavy atom. The van der Waals surface area contributed by atoms with E-state index in [1.807, 2.05) is 6.92 Å². The van der Waals surface area contributed by atoms with Crippen LogP contribution in [0.2, 0.25) is 0 Å². The third-order valence-electron chi connectivity index (χ3n) is 6.16. The van der Waals surface area contributed by atoms with Gasteiger partial charge in [-0.2, -0.15) is 26.3 Å². The zero-order valence-corrected chi connectivity index (χ0v) is 14.1. The number of rotatable bonds is 1. The van der Waals surface area contributed by atoms with Crippen LogP contribution < -0.4 is 0 Å². The molecule has 8 heteroatoms. The van der Waals surface area contributed by atoms with Gasteiger partial charge in [-0.15, -0.1) is 0 Å². The molecular weight excluding hydrogens is 350 g/mol. The molecule has 1 aliphatic heterocycles. The smallest absolute Gasteiger partial charge is 0.373 e. The predicted molar refractivity (Wildman–Crippen MR) is 77.8 cm³/mol. The quantitative estimate of drug-likeness (QED) is 0.603. The molecule has 0 aromatic carbocycles. The second-order valence-electron chi connectivity index (χ2n) is 7.85. The highest BCUT2D eigenvalue weighted by Crippen LogP contribution is 2.53. The van der Waals surface area contributed by atoms with Gasteiger partial charge in [-0.05, 0) is 49.9 Å². The van der Waals surface area contributed by atoms with Gasteiger partial charge in [0.2, 0.25) is 0 Å². The molecule has 0 spiro atoms. The molecule has 0 aromatic heterocycles. The minimum atomic E-state index is -4.62. The highest BCUT2D eigenvalue weighted by molar-refractivity contribution is 4.97. The topological polar surface area (TPSA) is 18.5 Å². The minimum Gasteiger partial charge on any atom is -0.373 e. The Kier molecular flexibility index (Phi) is 5.32. The molecule has 2 nitrogen and oxygen atoms in total. The molecule has 3 aliphatic rings. The van der Waals surface area contributed by atoms with E-state index in [0.29, 0.717) is 19.6 Å². The van der Waals surface area contributed by atoms with Gasteiger partial charge < -0.3 is 9.47 Å². The molecule has 2 saturated carbocycles. The maximum Gasteiger partial charge on any atom is 0.392 e. The van der Waals surface area contributed by atoms with Crippen LogP contribution in [0.1, 0.15) is 39.0 Å². The van der Waals surface area contributed by atoms with Crippen molar-refractivity contribution >= 4 is 0 Å². The van der Waals surface area contributed by atoms with Gasteiger partial charge >= 0.3 is 12.4 Å². The van der Waals surface area contributed by atoms with Crippen molar-refractivity contribution in [1.29, 1.82) is 0 Å². The van der Waals surface area contributed by atoms with Gasteiger partial charge in [0, 0.05) is 0 Å². The minimum absolute atomic E-state index is 0.0572. The highest BCUT2D eigenvalue weighted by atomic mass is 19.4. The summed E-state index contributed by atoms with van der Waals surface area (Å²) in [4.78, 5) is 0. The van der Waals surface area contributed by atoms with Gasteiger partial charge in [-0.3, -0.25) is 0 Å². The second-order valence-corrected chi connectivity index (χ2v) is 7.85. The van der Waals surface area contributed by atoms with Crippen molar-refractivity contribution in [3.63, 3.8) is 0 Å². The number of alkyl halides is 6. The highest BCUT2D eigenvalue weighted by Gasteiger charge is 2.57.